The molecule has 0 aliphatic heterocycles. The van der Waals surface area contributed by atoms with E-state index in [-0.39, 0.29) is 5.91 Å². The summed E-state index contributed by atoms with van der Waals surface area (Å²) in [6, 6.07) is 21.7. The molecular formula is C21H21NO2. The van der Waals surface area contributed by atoms with E-state index in [2.05, 4.69) is 11.4 Å². The van der Waals surface area contributed by atoms with Crippen LogP contribution in [0.2, 0.25) is 0 Å². The van der Waals surface area contributed by atoms with Crippen LogP contribution in [-0.2, 0) is 4.79 Å². The molecule has 0 aliphatic carbocycles. The van der Waals surface area contributed by atoms with Crippen molar-refractivity contribution in [1.29, 1.82) is 0 Å². The summed E-state index contributed by atoms with van der Waals surface area (Å²) in [5.74, 6) is 0.619. The number of fused-ring (bicyclic) bond motifs is 1. The number of nitrogens with one attached hydrogen (secondary N) is 1. The molecule has 0 bridgehead atoms. The third-order valence-electron chi connectivity index (χ3n) is 4.04. The van der Waals surface area contributed by atoms with Gasteiger partial charge in [0.2, 0.25) is 0 Å². The first kappa shape index (κ1) is 16.1. The van der Waals surface area contributed by atoms with Crippen LogP contribution < -0.4 is 10.1 Å². The fourth-order valence-electron chi connectivity index (χ4n) is 2.65. The Morgan fingerprint density at radius 2 is 1.71 bits per heavy atom. The molecule has 3 nitrogen and oxygen atoms in total. The molecule has 1 atom stereocenters. The molecule has 0 spiro atoms. The molecule has 0 aliphatic rings. The fourth-order valence-corrected chi connectivity index (χ4v) is 2.65. The van der Waals surface area contributed by atoms with Crippen LogP contribution in [0.1, 0.15) is 18.9 Å². The van der Waals surface area contributed by atoms with Crippen LogP contribution in [-0.4, -0.2) is 12.0 Å². The van der Waals surface area contributed by atoms with E-state index in [4.69, 9.17) is 4.74 Å². The molecule has 0 unspecified atom stereocenters. The summed E-state index contributed by atoms with van der Waals surface area (Å²) in [6.45, 7) is 3.92. The smallest absolute Gasteiger partial charge is 0.265 e. The van der Waals surface area contributed by atoms with Gasteiger partial charge in [0.15, 0.2) is 6.10 Å². The van der Waals surface area contributed by atoms with Crippen LogP contribution in [0.4, 0.5) is 5.69 Å². The predicted octanol–water partition coefficient (Wildman–Crippen LogP) is 4.94. The van der Waals surface area contributed by atoms with Gasteiger partial charge in [0.1, 0.15) is 5.75 Å². The molecule has 0 saturated carbocycles. The van der Waals surface area contributed by atoms with E-state index >= 15 is 0 Å². The predicted molar refractivity (Wildman–Crippen MR) is 98.5 cm³/mol. The van der Waals surface area contributed by atoms with Gasteiger partial charge in [-0.1, -0.05) is 55.5 Å². The van der Waals surface area contributed by atoms with Crippen LogP contribution in [0.25, 0.3) is 10.8 Å². The minimum Gasteiger partial charge on any atom is -0.480 e. The molecular weight excluding hydrogens is 298 g/mol. The maximum Gasteiger partial charge on any atom is 0.265 e. The summed E-state index contributed by atoms with van der Waals surface area (Å²) in [6.07, 6.45) is 0.0888. The van der Waals surface area contributed by atoms with Crippen molar-refractivity contribution in [2.45, 2.75) is 26.4 Å². The first-order valence-corrected chi connectivity index (χ1v) is 8.19. The Hall–Kier alpha value is -2.81. The second-order valence-electron chi connectivity index (χ2n) is 5.83. The van der Waals surface area contributed by atoms with Crippen LogP contribution in [0.15, 0.2) is 66.7 Å². The maximum absolute atomic E-state index is 12.6. The molecule has 1 N–H and O–H groups in total. The largest absolute Gasteiger partial charge is 0.480 e. The van der Waals surface area contributed by atoms with E-state index in [0.29, 0.717) is 6.42 Å². The number of amides is 1. The Bertz CT molecular complexity index is 857. The van der Waals surface area contributed by atoms with Gasteiger partial charge in [-0.2, -0.15) is 0 Å². The SMILES string of the molecule is CC[C@@H](Oc1ccccc1C)C(=O)Nc1ccc2ccccc2c1. The first-order chi connectivity index (χ1) is 11.7. The number of ether oxygens (including phenoxy) is 1. The zero-order chi connectivity index (χ0) is 16.9. The van der Waals surface area contributed by atoms with Crippen LogP contribution in [0.5, 0.6) is 5.75 Å². The number of para-hydroxylation sites is 1. The highest BCUT2D eigenvalue weighted by Crippen LogP contribution is 2.21. The van der Waals surface area contributed by atoms with Crippen LogP contribution >= 0.6 is 0 Å². The highest BCUT2D eigenvalue weighted by atomic mass is 16.5. The number of rotatable bonds is 5. The summed E-state index contributed by atoms with van der Waals surface area (Å²) in [7, 11) is 0. The summed E-state index contributed by atoms with van der Waals surface area (Å²) in [5, 5.41) is 5.21. The van der Waals surface area contributed by atoms with Gasteiger partial charge in [-0.3, -0.25) is 4.79 Å². The van der Waals surface area contributed by atoms with Crippen LogP contribution in [0, 0.1) is 6.92 Å². The normalized spacial score (nSPS) is 11.9. The fraction of sp³-hybridized carbons (Fsp3) is 0.190. The molecule has 122 valence electrons. The lowest BCUT2D eigenvalue weighted by Gasteiger charge is -2.18. The van der Waals surface area contributed by atoms with E-state index in [1.807, 2.05) is 74.5 Å². The molecule has 24 heavy (non-hydrogen) atoms. The molecule has 0 fully saturated rings. The Kier molecular flexibility index (Phi) is 4.80. The lowest BCUT2D eigenvalue weighted by atomic mass is 10.1. The van der Waals surface area contributed by atoms with Gasteiger partial charge >= 0.3 is 0 Å². The topological polar surface area (TPSA) is 38.3 Å². The van der Waals surface area contributed by atoms with Crippen molar-refractivity contribution in [2.75, 3.05) is 5.32 Å². The van der Waals surface area contributed by atoms with Crippen molar-refractivity contribution >= 4 is 22.4 Å². The van der Waals surface area contributed by atoms with E-state index in [9.17, 15) is 4.79 Å². The second kappa shape index (κ2) is 7.18. The molecule has 3 aromatic rings. The van der Waals surface area contributed by atoms with E-state index in [1.54, 1.807) is 0 Å². The first-order valence-electron chi connectivity index (χ1n) is 8.19. The Morgan fingerprint density at radius 3 is 2.46 bits per heavy atom. The Balaban J connectivity index is 1.75. The van der Waals surface area contributed by atoms with Crippen molar-refractivity contribution in [2.24, 2.45) is 0 Å². The number of aryl methyl sites for hydroxylation is 1. The maximum atomic E-state index is 12.6. The molecule has 3 aromatic carbocycles. The highest BCUT2D eigenvalue weighted by molar-refractivity contribution is 5.96. The van der Waals surface area contributed by atoms with Gasteiger partial charge in [-0.25, -0.2) is 0 Å². The number of hydrogen-bond acceptors (Lipinski definition) is 2. The number of carbonyl (C=O) groups is 1. The third-order valence-corrected chi connectivity index (χ3v) is 4.04. The summed E-state index contributed by atoms with van der Waals surface area (Å²) < 4.78 is 5.90. The molecule has 0 radical (unpaired) electrons. The summed E-state index contributed by atoms with van der Waals surface area (Å²) >= 11 is 0. The number of benzene rings is 3. The van der Waals surface area contributed by atoms with Crippen molar-refractivity contribution in [1.82, 2.24) is 0 Å². The molecule has 3 heteroatoms. The molecule has 1 amide bonds. The van der Waals surface area contributed by atoms with Crippen molar-refractivity contribution in [3.05, 3.63) is 72.3 Å². The standard InChI is InChI=1S/C21H21NO2/c1-3-19(24-20-11-7-4-8-15(20)2)21(23)22-18-13-12-16-9-5-6-10-17(16)14-18/h4-14,19H,3H2,1-2H3,(H,22,23)/t19-/m1/s1. The zero-order valence-electron chi connectivity index (χ0n) is 14.0. The second-order valence-corrected chi connectivity index (χ2v) is 5.83. The van der Waals surface area contributed by atoms with Gasteiger partial charge in [0.25, 0.3) is 5.91 Å². The molecule has 3 rings (SSSR count). The Morgan fingerprint density at radius 1 is 1.00 bits per heavy atom. The highest BCUT2D eigenvalue weighted by Gasteiger charge is 2.19. The van der Waals surface area contributed by atoms with Gasteiger partial charge in [0.05, 0.1) is 0 Å². The van der Waals surface area contributed by atoms with Crippen molar-refractivity contribution in [3.8, 4) is 5.75 Å². The van der Waals surface area contributed by atoms with Gasteiger partial charge < -0.3 is 10.1 Å². The van der Waals surface area contributed by atoms with Crippen molar-refractivity contribution < 1.29 is 9.53 Å². The lowest BCUT2D eigenvalue weighted by molar-refractivity contribution is -0.122. The monoisotopic (exact) mass is 319 g/mol. The summed E-state index contributed by atoms with van der Waals surface area (Å²) in [4.78, 5) is 12.6. The molecule has 0 heterocycles. The number of carbonyl (C=O) groups excluding carboxylic acids is 1. The quantitative estimate of drug-likeness (QED) is 0.723. The van der Waals surface area contributed by atoms with E-state index in [1.165, 1.54) is 0 Å². The zero-order valence-corrected chi connectivity index (χ0v) is 14.0. The van der Waals surface area contributed by atoms with Crippen molar-refractivity contribution in [3.63, 3.8) is 0 Å². The average molecular weight is 319 g/mol. The van der Waals surface area contributed by atoms with E-state index in [0.717, 1.165) is 27.8 Å². The average Bonchev–Trinajstić information content (AvgIpc) is 2.61. The van der Waals surface area contributed by atoms with Gasteiger partial charge in [-0.05, 0) is 47.9 Å². The molecule has 0 aromatic heterocycles. The molecule has 0 saturated heterocycles. The van der Waals surface area contributed by atoms with Gasteiger partial charge in [-0.15, -0.1) is 0 Å². The third kappa shape index (κ3) is 3.57. The minimum absolute atomic E-state index is 0.129. The lowest BCUT2D eigenvalue weighted by Crippen LogP contribution is -2.32. The minimum atomic E-state index is -0.516. The van der Waals surface area contributed by atoms with E-state index < -0.39 is 6.10 Å². The van der Waals surface area contributed by atoms with Crippen LogP contribution in [0.3, 0.4) is 0 Å². The number of anilines is 1. The van der Waals surface area contributed by atoms with Gasteiger partial charge in [0, 0.05) is 5.69 Å². The Labute approximate surface area is 142 Å². The summed E-state index contributed by atoms with van der Waals surface area (Å²) in [5.41, 5.74) is 1.81. The number of hydrogen-bond donors (Lipinski definition) is 1.